The van der Waals surface area contributed by atoms with E-state index in [4.69, 9.17) is 0 Å². The molecule has 1 aromatic carbocycles. The Kier molecular flexibility index (Phi) is 4.29. The fourth-order valence-corrected chi connectivity index (χ4v) is 3.63. The van der Waals surface area contributed by atoms with Gasteiger partial charge in [0.05, 0.1) is 17.4 Å². The van der Waals surface area contributed by atoms with E-state index in [2.05, 4.69) is 0 Å². The Balaban J connectivity index is 2.68. The van der Waals surface area contributed by atoms with Gasteiger partial charge in [-0.25, -0.2) is 4.39 Å². The molecule has 0 saturated heterocycles. The van der Waals surface area contributed by atoms with Gasteiger partial charge in [-0.1, -0.05) is 18.2 Å². The number of Topliss-reactive ketones (excluding diaryl/α,β-unsaturated/α-hetero) is 3. The Labute approximate surface area is 128 Å². The van der Waals surface area contributed by atoms with E-state index in [1.807, 2.05) is 0 Å². The van der Waals surface area contributed by atoms with Gasteiger partial charge in [0, 0.05) is 12.3 Å². The van der Waals surface area contributed by atoms with Crippen molar-refractivity contribution in [3.63, 3.8) is 0 Å². The van der Waals surface area contributed by atoms with Crippen molar-refractivity contribution in [3.8, 4) is 0 Å². The number of hydrogen-bond donors (Lipinski definition) is 1. The molecule has 2 rings (SSSR count). The summed E-state index contributed by atoms with van der Waals surface area (Å²) in [6.45, 7) is 3.94. The monoisotopic (exact) mass is 306 g/mol. The minimum Gasteiger partial charge on any atom is -0.389 e. The fourth-order valence-electron chi connectivity index (χ4n) is 3.63. The molecule has 4 atom stereocenters. The largest absolute Gasteiger partial charge is 0.389 e. The zero-order valence-electron chi connectivity index (χ0n) is 12.8. The number of carbonyl (C=O) groups is 3. The summed E-state index contributed by atoms with van der Waals surface area (Å²) in [5.41, 5.74) is -1.47. The van der Waals surface area contributed by atoms with Crippen LogP contribution in [-0.2, 0) is 14.4 Å². The second-order valence-electron chi connectivity index (χ2n) is 6.22. The van der Waals surface area contributed by atoms with Crippen LogP contribution in [0.1, 0.15) is 38.7 Å². The molecule has 1 saturated carbocycles. The fraction of sp³-hybridized carbons (Fsp3) is 0.471. The van der Waals surface area contributed by atoms with Crippen molar-refractivity contribution >= 4 is 17.3 Å². The summed E-state index contributed by atoms with van der Waals surface area (Å²) in [4.78, 5) is 36.3. The summed E-state index contributed by atoms with van der Waals surface area (Å²) in [5.74, 6) is -4.91. The van der Waals surface area contributed by atoms with Gasteiger partial charge in [-0.2, -0.15) is 0 Å². The van der Waals surface area contributed by atoms with Crippen LogP contribution in [0.2, 0.25) is 0 Å². The van der Waals surface area contributed by atoms with Gasteiger partial charge in [-0.15, -0.1) is 0 Å². The van der Waals surface area contributed by atoms with Crippen molar-refractivity contribution in [2.24, 2.45) is 11.8 Å². The SMILES string of the molecule is CC(=O)[C@@H]1C(=O)C[C@@](C)(O)[C@H](C(C)=O)[C@@H]1c1ccccc1F. The lowest BCUT2D eigenvalue weighted by molar-refractivity contribution is -0.151. The molecular formula is C17H19FO4. The van der Waals surface area contributed by atoms with Crippen molar-refractivity contribution in [1.29, 1.82) is 0 Å². The van der Waals surface area contributed by atoms with Crippen molar-refractivity contribution < 1.29 is 23.9 Å². The third-order valence-corrected chi connectivity index (χ3v) is 4.41. The first-order chi connectivity index (χ1) is 10.2. The van der Waals surface area contributed by atoms with Crippen LogP contribution in [0.15, 0.2) is 24.3 Å². The molecule has 1 fully saturated rings. The molecule has 22 heavy (non-hydrogen) atoms. The van der Waals surface area contributed by atoms with Crippen LogP contribution in [-0.4, -0.2) is 28.1 Å². The summed E-state index contributed by atoms with van der Waals surface area (Å²) in [6, 6.07) is 5.76. The first kappa shape index (κ1) is 16.5. The molecule has 118 valence electrons. The predicted octanol–water partition coefficient (Wildman–Crippen LogP) is 2.04. The van der Waals surface area contributed by atoms with Crippen LogP contribution >= 0.6 is 0 Å². The van der Waals surface area contributed by atoms with E-state index in [1.54, 1.807) is 6.07 Å². The molecule has 0 unspecified atom stereocenters. The molecule has 0 amide bonds. The van der Waals surface area contributed by atoms with Gasteiger partial charge in [0.15, 0.2) is 0 Å². The zero-order valence-corrected chi connectivity index (χ0v) is 12.8. The number of carbonyl (C=O) groups excluding carboxylic acids is 3. The van der Waals surface area contributed by atoms with Crippen LogP contribution in [0.25, 0.3) is 0 Å². The Morgan fingerprint density at radius 2 is 1.82 bits per heavy atom. The highest BCUT2D eigenvalue weighted by Crippen LogP contribution is 2.46. The van der Waals surface area contributed by atoms with Crippen molar-refractivity contribution in [2.45, 2.75) is 38.7 Å². The van der Waals surface area contributed by atoms with Gasteiger partial charge in [-0.05, 0) is 32.4 Å². The predicted molar refractivity (Wildman–Crippen MR) is 77.7 cm³/mol. The van der Waals surface area contributed by atoms with Gasteiger partial charge in [0.2, 0.25) is 0 Å². The molecule has 5 heteroatoms. The van der Waals surface area contributed by atoms with Gasteiger partial charge < -0.3 is 5.11 Å². The Bertz CT molecular complexity index is 635. The van der Waals surface area contributed by atoms with E-state index in [1.165, 1.54) is 39.0 Å². The maximum atomic E-state index is 14.2. The van der Waals surface area contributed by atoms with E-state index in [9.17, 15) is 23.9 Å². The summed E-state index contributed by atoms with van der Waals surface area (Å²) >= 11 is 0. The molecule has 0 aliphatic heterocycles. The minimum absolute atomic E-state index is 0.122. The lowest BCUT2D eigenvalue weighted by Crippen LogP contribution is -2.54. The van der Waals surface area contributed by atoms with Crippen LogP contribution in [0, 0.1) is 17.7 Å². The maximum absolute atomic E-state index is 14.2. The molecule has 0 heterocycles. The number of halogens is 1. The van der Waals surface area contributed by atoms with Crippen LogP contribution in [0.3, 0.4) is 0 Å². The molecule has 0 spiro atoms. The molecule has 0 aromatic heterocycles. The standard InChI is InChI=1S/C17H19FO4/c1-9(19)14-13(21)8-17(3,22)16(10(2)20)15(14)11-6-4-5-7-12(11)18/h4-7,14-16,22H,8H2,1-3H3/t14-,15-,16-,17-/m1/s1. The van der Waals surface area contributed by atoms with Crippen LogP contribution in [0.4, 0.5) is 4.39 Å². The molecule has 0 bridgehead atoms. The Hall–Kier alpha value is -1.88. The minimum atomic E-state index is -1.60. The van der Waals surface area contributed by atoms with Gasteiger partial charge in [0.25, 0.3) is 0 Å². The second kappa shape index (κ2) is 5.72. The van der Waals surface area contributed by atoms with Gasteiger partial charge >= 0.3 is 0 Å². The summed E-state index contributed by atoms with van der Waals surface area (Å²) in [6.07, 6.45) is -0.285. The molecule has 1 aliphatic rings. The summed E-state index contributed by atoms with van der Waals surface area (Å²) in [5, 5.41) is 10.5. The topological polar surface area (TPSA) is 71.4 Å². The first-order valence-electron chi connectivity index (χ1n) is 7.17. The quantitative estimate of drug-likeness (QED) is 0.868. The molecular weight excluding hydrogens is 287 g/mol. The highest BCUT2D eigenvalue weighted by molar-refractivity contribution is 6.05. The average molecular weight is 306 g/mol. The maximum Gasteiger partial charge on any atom is 0.146 e. The number of benzene rings is 1. The zero-order chi connectivity index (χ0) is 16.7. The highest BCUT2D eigenvalue weighted by Gasteiger charge is 2.54. The second-order valence-corrected chi connectivity index (χ2v) is 6.22. The lowest BCUT2D eigenvalue weighted by atomic mass is 9.60. The van der Waals surface area contributed by atoms with Gasteiger partial charge in [-0.3, -0.25) is 14.4 Å². The summed E-state index contributed by atoms with van der Waals surface area (Å²) < 4.78 is 14.2. The van der Waals surface area contributed by atoms with E-state index >= 15 is 0 Å². The number of hydrogen-bond acceptors (Lipinski definition) is 4. The first-order valence-corrected chi connectivity index (χ1v) is 7.17. The third-order valence-electron chi connectivity index (χ3n) is 4.41. The molecule has 1 N–H and O–H groups in total. The summed E-state index contributed by atoms with van der Waals surface area (Å²) in [7, 11) is 0. The van der Waals surface area contributed by atoms with Crippen molar-refractivity contribution in [1.82, 2.24) is 0 Å². The van der Waals surface area contributed by atoms with E-state index in [0.29, 0.717) is 0 Å². The molecule has 1 aliphatic carbocycles. The molecule has 1 aromatic rings. The number of ketones is 3. The van der Waals surface area contributed by atoms with E-state index < -0.39 is 40.7 Å². The lowest BCUT2D eigenvalue weighted by Gasteiger charge is -2.44. The van der Waals surface area contributed by atoms with Gasteiger partial charge in [0.1, 0.15) is 23.2 Å². The number of aliphatic hydroxyl groups is 1. The molecule has 4 nitrogen and oxygen atoms in total. The Morgan fingerprint density at radius 1 is 1.23 bits per heavy atom. The van der Waals surface area contributed by atoms with Crippen molar-refractivity contribution in [2.75, 3.05) is 0 Å². The van der Waals surface area contributed by atoms with Crippen LogP contribution < -0.4 is 0 Å². The normalized spacial score (nSPS) is 31.9. The van der Waals surface area contributed by atoms with E-state index in [0.717, 1.165) is 0 Å². The van der Waals surface area contributed by atoms with E-state index in [-0.39, 0.29) is 17.8 Å². The highest BCUT2D eigenvalue weighted by atomic mass is 19.1. The van der Waals surface area contributed by atoms with Crippen LogP contribution in [0.5, 0.6) is 0 Å². The third kappa shape index (κ3) is 2.73. The molecule has 0 radical (unpaired) electrons. The Morgan fingerprint density at radius 3 is 2.32 bits per heavy atom. The average Bonchev–Trinajstić information content (AvgIpc) is 2.35. The smallest absolute Gasteiger partial charge is 0.146 e. The number of rotatable bonds is 3. The van der Waals surface area contributed by atoms with Crippen molar-refractivity contribution in [3.05, 3.63) is 35.6 Å².